The van der Waals surface area contributed by atoms with Crippen molar-refractivity contribution >= 4 is 5.69 Å². The molecule has 0 atom stereocenters. The normalized spacial score (nSPS) is 10.1. The van der Waals surface area contributed by atoms with Gasteiger partial charge in [-0.05, 0) is 30.7 Å². The first-order valence-corrected chi connectivity index (χ1v) is 5.13. The number of nitrogens with zero attached hydrogens (tertiary/aromatic N) is 1. The third-order valence-electron chi connectivity index (χ3n) is 2.33. The molecule has 2 rings (SSSR count). The van der Waals surface area contributed by atoms with Crippen molar-refractivity contribution in [3.8, 4) is 5.75 Å². The first-order valence-electron chi connectivity index (χ1n) is 5.13. The SMILES string of the molecule is Cc1cccc(OCc2ccncc2N)c1. The number of aromatic nitrogens is 1. The van der Waals surface area contributed by atoms with Gasteiger partial charge in [-0.25, -0.2) is 0 Å². The molecule has 0 unspecified atom stereocenters. The Kier molecular flexibility index (Phi) is 3.05. The second-order valence-electron chi connectivity index (χ2n) is 3.68. The van der Waals surface area contributed by atoms with E-state index in [1.807, 2.05) is 37.3 Å². The van der Waals surface area contributed by atoms with Gasteiger partial charge in [-0.15, -0.1) is 0 Å². The van der Waals surface area contributed by atoms with Gasteiger partial charge in [0.05, 0.1) is 11.9 Å². The Morgan fingerprint density at radius 2 is 2.19 bits per heavy atom. The van der Waals surface area contributed by atoms with Crippen LogP contribution in [0.15, 0.2) is 42.7 Å². The number of benzene rings is 1. The third kappa shape index (κ3) is 2.51. The molecule has 0 aliphatic carbocycles. The maximum absolute atomic E-state index is 5.77. The van der Waals surface area contributed by atoms with E-state index in [0.29, 0.717) is 12.3 Å². The van der Waals surface area contributed by atoms with Crippen molar-refractivity contribution in [1.29, 1.82) is 0 Å². The Morgan fingerprint density at radius 1 is 1.31 bits per heavy atom. The van der Waals surface area contributed by atoms with Gasteiger partial charge in [0, 0.05) is 11.8 Å². The molecule has 0 aliphatic rings. The van der Waals surface area contributed by atoms with Gasteiger partial charge in [-0.3, -0.25) is 4.98 Å². The topological polar surface area (TPSA) is 48.1 Å². The second-order valence-corrected chi connectivity index (χ2v) is 3.68. The van der Waals surface area contributed by atoms with Crippen molar-refractivity contribution in [2.45, 2.75) is 13.5 Å². The lowest BCUT2D eigenvalue weighted by atomic mass is 10.2. The molecule has 0 bridgehead atoms. The molecule has 2 aromatic rings. The summed E-state index contributed by atoms with van der Waals surface area (Å²) in [6, 6.07) is 9.81. The van der Waals surface area contributed by atoms with E-state index < -0.39 is 0 Å². The van der Waals surface area contributed by atoms with Gasteiger partial charge < -0.3 is 10.5 Å². The van der Waals surface area contributed by atoms with E-state index in [9.17, 15) is 0 Å². The lowest BCUT2D eigenvalue weighted by molar-refractivity contribution is 0.306. The number of pyridine rings is 1. The summed E-state index contributed by atoms with van der Waals surface area (Å²) >= 11 is 0. The highest BCUT2D eigenvalue weighted by Gasteiger charge is 1.99. The zero-order chi connectivity index (χ0) is 11.4. The van der Waals surface area contributed by atoms with Crippen LogP contribution in [0.3, 0.4) is 0 Å². The fourth-order valence-corrected chi connectivity index (χ4v) is 1.43. The Labute approximate surface area is 94.9 Å². The summed E-state index contributed by atoms with van der Waals surface area (Å²) in [6.07, 6.45) is 3.35. The fraction of sp³-hybridized carbons (Fsp3) is 0.154. The maximum atomic E-state index is 5.77. The summed E-state index contributed by atoms with van der Waals surface area (Å²) in [7, 11) is 0. The maximum Gasteiger partial charge on any atom is 0.120 e. The zero-order valence-electron chi connectivity index (χ0n) is 9.18. The van der Waals surface area contributed by atoms with Gasteiger partial charge in [0.25, 0.3) is 0 Å². The number of nitrogens with two attached hydrogens (primary N) is 1. The highest BCUT2D eigenvalue weighted by atomic mass is 16.5. The second kappa shape index (κ2) is 4.66. The van der Waals surface area contributed by atoms with Gasteiger partial charge in [0.2, 0.25) is 0 Å². The van der Waals surface area contributed by atoms with E-state index in [-0.39, 0.29) is 0 Å². The van der Waals surface area contributed by atoms with Gasteiger partial charge in [-0.1, -0.05) is 12.1 Å². The van der Waals surface area contributed by atoms with Crippen LogP contribution in [0.5, 0.6) is 5.75 Å². The van der Waals surface area contributed by atoms with Crippen LogP contribution < -0.4 is 10.5 Å². The molecular weight excluding hydrogens is 200 g/mol. The number of nitrogen functional groups attached to an aromatic ring is 1. The van der Waals surface area contributed by atoms with Crippen molar-refractivity contribution in [1.82, 2.24) is 4.98 Å². The monoisotopic (exact) mass is 214 g/mol. The van der Waals surface area contributed by atoms with Crippen molar-refractivity contribution < 1.29 is 4.74 Å². The molecule has 1 aromatic heterocycles. The van der Waals surface area contributed by atoms with E-state index in [0.717, 1.165) is 11.3 Å². The van der Waals surface area contributed by atoms with Crippen LogP contribution in [-0.2, 0) is 6.61 Å². The molecular formula is C13H14N2O. The average Bonchev–Trinajstić information content (AvgIpc) is 2.28. The molecule has 0 saturated carbocycles. The van der Waals surface area contributed by atoms with Gasteiger partial charge in [0.1, 0.15) is 12.4 Å². The molecule has 0 spiro atoms. The van der Waals surface area contributed by atoms with Gasteiger partial charge in [0.15, 0.2) is 0 Å². The average molecular weight is 214 g/mol. The lowest BCUT2D eigenvalue weighted by Crippen LogP contribution is -2.00. The number of ether oxygens (including phenoxy) is 1. The molecule has 1 aromatic carbocycles. The predicted molar refractivity (Wildman–Crippen MR) is 64.2 cm³/mol. The summed E-state index contributed by atoms with van der Waals surface area (Å²) < 4.78 is 5.65. The number of rotatable bonds is 3. The minimum absolute atomic E-state index is 0.470. The van der Waals surface area contributed by atoms with Crippen molar-refractivity contribution in [2.24, 2.45) is 0 Å². The molecule has 0 amide bonds. The lowest BCUT2D eigenvalue weighted by Gasteiger charge is -2.08. The molecule has 82 valence electrons. The standard InChI is InChI=1S/C13H14N2O/c1-10-3-2-4-12(7-10)16-9-11-5-6-15-8-13(11)14/h2-8H,9,14H2,1H3. The number of anilines is 1. The summed E-state index contributed by atoms with van der Waals surface area (Å²) in [5.74, 6) is 0.858. The van der Waals surface area contributed by atoms with Crippen LogP contribution in [0.25, 0.3) is 0 Å². The Balaban J connectivity index is 2.05. The number of aryl methyl sites for hydroxylation is 1. The quantitative estimate of drug-likeness (QED) is 0.854. The summed E-state index contributed by atoms with van der Waals surface area (Å²) in [4.78, 5) is 3.93. The van der Waals surface area contributed by atoms with Crippen LogP contribution >= 0.6 is 0 Å². The van der Waals surface area contributed by atoms with Crippen LogP contribution in [0.2, 0.25) is 0 Å². The first kappa shape index (κ1) is 10.5. The third-order valence-corrected chi connectivity index (χ3v) is 2.33. The fourth-order valence-electron chi connectivity index (χ4n) is 1.43. The summed E-state index contributed by atoms with van der Waals surface area (Å²) in [6.45, 7) is 2.51. The molecule has 0 aliphatic heterocycles. The zero-order valence-corrected chi connectivity index (χ0v) is 9.18. The van der Waals surface area contributed by atoms with Gasteiger partial charge >= 0.3 is 0 Å². The van der Waals surface area contributed by atoms with E-state index in [2.05, 4.69) is 4.98 Å². The van der Waals surface area contributed by atoms with E-state index in [1.54, 1.807) is 12.4 Å². The van der Waals surface area contributed by atoms with E-state index in [1.165, 1.54) is 5.56 Å². The molecule has 2 N–H and O–H groups in total. The molecule has 3 nitrogen and oxygen atoms in total. The van der Waals surface area contributed by atoms with Gasteiger partial charge in [-0.2, -0.15) is 0 Å². The van der Waals surface area contributed by atoms with Crippen LogP contribution in [0.4, 0.5) is 5.69 Å². The Hall–Kier alpha value is -2.03. The highest BCUT2D eigenvalue weighted by Crippen LogP contribution is 2.16. The molecule has 3 heteroatoms. The first-order chi connectivity index (χ1) is 7.75. The smallest absolute Gasteiger partial charge is 0.120 e. The molecule has 1 heterocycles. The molecule has 0 radical (unpaired) electrons. The highest BCUT2D eigenvalue weighted by molar-refractivity contribution is 5.43. The van der Waals surface area contributed by atoms with E-state index >= 15 is 0 Å². The minimum atomic E-state index is 0.470. The van der Waals surface area contributed by atoms with Crippen LogP contribution in [-0.4, -0.2) is 4.98 Å². The Bertz CT molecular complexity index is 483. The van der Waals surface area contributed by atoms with E-state index in [4.69, 9.17) is 10.5 Å². The molecule has 0 saturated heterocycles. The van der Waals surface area contributed by atoms with Crippen LogP contribution in [0.1, 0.15) is 11.1 Å². The summed E-state index contributed by atoms with van der Waals surface area (Å²) in [5, 5.41) is 0. The molecule has 0 fully saturated rings. The Morgan fingerprint density at radius 3 is 2.94 bits per heavy atom. The molecule has 16 heavy (non-hydrogen) atoms. The van der Waals surface area contributed by atoms with Crippen LogP contribution in [0, 0.1) is 6.92 Å². The largest absolute Gasteiger partial charge is 0.489 e. The van der Waals surface area contributed by atoms with Crippen molar-refractivity contribution in [3.05, 3.63) is 53.9 Å². The van der Waals surface area contributed by atoms with Crippen molar-refractivity contribution in [2.75, 3.05) is 5.73 Å². The van der Waals surface area contributed by atoms with Crippen molar-refractivity contribution in [3.63, 3.8) is 0 Å². The predicted octanol–water partition coefficient (Wildman–Crippen LogP) is 2.55. The number of hydrogen-bond acceptors (Lipinski definition) is 3. The summed E-state index contributed by atoms with van der Waals surface area (Å²) in [5.41, 5.74) is 8.57. The number of hydrogen-bond donors (Lipinski definition) is 1. The minimum Gasteiger partial charge on any atom is -0.489 e.